The maximum atomic E-state index is 11.7. The minimum absolute atomic E-state index is 0.111. The first kappa shape index (κ1) is 13.0. The van der Waals surface area contributed by atoms with E-state index < -0.39 is 0 Å². The molecule has 2 nitrogen and oxygen atoms in total. The molecular formula is C13H15BrO2. The number of esters is 1. The van der Waals surface area contributed by atoms with E-state index >= 15 is 0 Å². The van der Waals surface area contributed by atoms with Crippen molar-refractivity contribution in [3.05, 3.63) is 47.0 Å². The summed E-state index contributed by atoms with van der Waals surface area (Å²) in [5.41, 5.74) is 0.584. The van der Waals surface area contributed by atoms with E-state index in [4.69, 9.17) is 4.74 Å². The average Bonchev–Trinajstić information content (AvgIpc) is 2.28. The summed E-state index contributed by atoms with van der Waals surface area (Å²) in [5.74, 6) is -0.277. The number of carbonyl (C=O) groups is 1. The highest BCUT2D eigenvalue weighted by Gasteiger charge is 2.14. The topological polar surface area (TPSA) is 26.3 Å². The van der Waals surface area contributed by atoms with Gasteiger partial charge in [0.25, 0.3) is 0 Å². The van der Waals surface area contributed by atoms with Gasteiger partial charge in [-0.1, -0.05) is 47.6 Å². The third-order valence-corrected chi connectivity index (χ3v) is 2.51. The van der Waals surface area contributed by atoms with Gasteiger partial charge in [0.2, 0.25) is 0 Å². The van der Waals surface area contributed by atoms with E-state index in [0.29, 0.717) is 12.0 Å². The predicted octanol–water partition coefficient (Wildman–Crippen LogP) is 3.92. The summed E-state index contributed by atoms with van der Waals surface area (Å²) < 4.78 is 6.21. The van der Waals surface area contributed by atoms with Gasteiger partial charge in [-0.25, -0.2) is 4.79 Å². The summed E-state index contributed by atoms with van der Waals surface area (Å²) in [4.78, 5) is 11.7. The Morgan fingerprint density at radius 2 is 2.06 bits per heavy atom. The molecular weight excluding hydrogens is 268 g/mol. The summed E-state index contributed by atoms with van der Waals surface area (Å²) in [6, 6.07) is 9.01. The second-order valence-electron chi connectivity index (χ2n) is 3.52. The van der Waals surface area contributed by atoms with E-state index in [9.17, 15) is 4.79 Å². The number of carbonyl (C=O) groups excluding carboxylic acids is 1. The fraction of sp³-hybridized carbons (Fsp3) is 0.308. The molecule has 0 N–H and O–H groups in total. The zero-order chi connectivity index (χ0) is 12.0. The van der Waals surface area contributed by atoms with Crippen LogP contribution in [0.15, 0.2) is 41.4 Å². The van der Waals surface area contributed by atoms with Gasteiger partial charge < -0.3 is 4.74 Å². The molecule has 16 heavy (non-hydrogen) atoms. The third-order valence-electron chi connectivity index (χ3n) is 2.19. The second-order valence-corrected chi connectivity index (χ2v) is 4.64. The Balaban J connectivity index is 2.59. The summed E-state index contributed by atoms with van der Waals surface area (Å²) in [6.07, 6.45) is 1.32. The summed E-state index contributed by atoms with van der Waals surface area (Å²) in [5, 5.41) is 0. The van der Waals surface area contributed by atoms with Crippen LogP contribution in [0.5, 0.6) is 0 Å². The molecule has 1 rings (SSSR count). The molecule has 1 aromatic carbocycles. The fourth-order valence-electron chi connectivity index (χ4n) is 1.31. The molecule has 1 aromatic rings. The van der Waals surface area contributed by atoms with Crippen LogP contribution in [0.1, 0.15) is 30.1 Å². The van der Waals surface area contributed by atoms with Crippen molar-refractivity contribution in [2.75, 3.05) is 0 Å². The largest absolute Gasteiger partial charge is 0.458 e. The number of hydrogen-bond acceptors (Lipinski definition) is 2. The highest BCUT2D eigenvalue weighted by molar-refractivity contribution is 9.11. The summed E-state index contributed by atoms with van der Waals surface area (Å²) in [6.45, 7) is 5.73. The Bertz CT molecular complexity index is 359. The van der Waals surface area contributed by atoms with E-state index in [0.717, 1.165) is 10.9 Å². The summed E-state index contributed by atoms with van der Waals surface area (Å²) in [7, 11) is 0. The van der Waals surface area contributed by atoms with Gasteiger partial charge >= 0.3 is 5.97 Å². The fourth-order valence-corrected chi connectivity index (χ4v) is 1.67. The van der Waals surface area contributed by atoms with Gasteiger partial charge in [-0.2, -0.15) is 0 Å². The number of benzene rings is 1. The Kier molecular flexibility index (Phi) is 5.26. The molecule has 3 heteroatoms. The van der Waals surface area contributed by atoms with Crippen molar-refractivity contribution >= 4 is 21.9 Å². The number of rotatable bonds is 5. The first-order valence-corrected chi connectivity index (χ1v) is 6.02. The van der Waals surface area contributed by atoms with Crippen molar-refractivity contribution in [1.82, 2.24) is 0 Å². The van der Waals surface area contributed by atoms with Gasteiger partial charge in [0.1, 0.15) is 6.10 Å². The number of halogens is 1. The Morgan fingerprint density at radius 3 is 2.56 bits per heavy atom. The normalized spacial score (nSPS) is 11.9. The van der Waals surface area contributed by atoms with Crippen molar-refractivity contribution in [2.45, 2.75) is 25.9 Å². The van der Waals surface area contributed by atoms with Crippen LogP contribution in [-0.2, 0) is 4.74 Å². The van der Waals surface area contributed by atoms with Gasteiger partial charge in [0.05, 0.1) is 5.56 Å². The molecule has 0 unspecified atom stereocenters. The quantitative estimate of drug-likeness (QED) is 0.765. The maximum Gasteiger partial charge on any atom is 0.338 e. The Labute approximate surface area is 104 Å². The molecule has 0 bridgehead atoms. The van der Waals surface area contributed by atoms with Crippen LogP contribution in [0, 0.1) is 0 Å². The molecule has 0 radical (unpaired) electrons. The lowest BCUT2D eigenvalue weighted by Gasteiger charge is -2.15. The van der Waals surface area contributed by atoms with E-state index in [1.54, 1.807) is 12.1 Å². The molecule has 0 amide bonds. The van der Waals surface area contributed by atoms with Crippen LogP contribution in [-0.4, -0.2) is 12.1 Å². The molecule has 0 saturated carbocycles. The zero-order valence-electron chi connectivity index (χ0n) is 9.28. The van der Waals surface area contributed by atoms with Crippen molar-refractivity contribution in [3.8, 4) is 0 Å². The smallest absolute Gasteiger partial charge is 0.338 e. The van der Waals surface area contributed by atoms with Crippen molar-refractivity contribution in [2.24, 2.45) is 0 Å². The lowest BCUT2D eigenvalue weighted by molar-refractivity contribution is 0.0299. The third kappa shape index (κ3) is 4.19. The molecule has 0 fully saturated rings. The molecule has 0 aliphatic carbocycles. The molecule has 0 saturated heterocycles. The first-order valence-electron chi connectivity index (χ1n) is 5.22. The second kappa shape index (κ2) is 6.48. The van der Waals surface area contributed by atoms with E-state index in [2.05, 4.69) is 22.5 Å². The molecule has 0 aliphatic heterocycles. The van der Waals surface area contributed by atoms with Crippen LogP contribution in [0.25, 0.3) is 0 Å². The molecule has 0 aromatic heterocycles. The highest BCUT2D eigenvalue weighted by atomic mass is 79.9. The lowest BCUT2D eigenvalue weighted by Crippen LogP contribution is -2.17. The Hall–Kier alpha value is -1.09. The first-order chi connectivity index (χ1) is 7.63. The number of hydrogen-bond donors (Lipinski definition) is 0. The average molecular weight is 283 g/mol. The van der Waals surface area contributed by atoms with E-state index in [1.165, 1.54) is 0 Å². The lowest BCUT2D eigenvalue weighted by atomic mass is 10.2. The summed E-state index contributed by atoms with van der Waals surface area (Å²) >= 11 is 3.28. The SMILES string of the molecule is C=C(Br)C[C@H](CC)OC(=O)c1ccccc1. The van der Waals surface area contributed by atoms with Crippen LogP contribution in [0.3, 0.4) is 0 Å². The van der Waals surface area contributed by atoms with Crippen molar-refractivity contribution < 1.29 is 9.53 Å². The predicted molar refractivity (Wildman–Crippen MR) is 68.6 cm³/mol. The van der Waals surface area contributed by atoms with Gasteiger partial charge in [0, 0.05) is 6.42 Å². The monoisotopic (exact) mass is 282 g/mol. The highest BCUT2D eigenvalue weighted by Crippen LogP contribution is 2.16. The van der Waals surface area contributed by atoms with E-state index in [1.807, 2.05) is 25.1 Å². The van der Waals surface area contributed by atoms with Crippen LogP contribution in [0.4, 0.5) is 0 Å². The number of ether oxygens (including phenoxy) is 1. The van der Waals surface area contributed by atoms with Crippen molar-refractivity contribution in [1.29, 1.82) is 0 Å². The molecule has 0 spiro atoms. The van der Waals surface area contributed by atoms with Crippen molar-refractivity contribution in [3.63, 3.8) is 0 Å². The Morgan fingerprint density at radius 1 is 1.44 bits per heavy atom. The van der Waals surface area contributed by atoms with Crippen LogP contribution < -0.4 is 0 Å². The van der Waals surface area contributed by atoms with Gasteiger partial charge in [-0.15, -0.1) is 0 Å². The standard InChI is InChI=1S/C13H15BrO2/c1-3-12(9-10(2)14)16-13(15)11-7-5-4-6-8-11/h4-8,12H,2-3,9H2,1H3/t12-/m0/s1. The molecule has 0 heterocycles. The van der Waals surface area contributed by atoms with Crippen LogP contribution >= 0.6 is 15.9 Å². The molecule has 1 atom stereocenters. The van der Waals surface area contributed by atoms with E-state index in [-0.39, 0.29) is 12.1 Å². The molecule has 0 aliphatic rings. The van der Waals surface area contributed by atoms with Gasteiger partial charge in [0.15, 0.2) is 0 Å². The van der Waals surface area contributed by atoms with Gasteiger partial charge in [-0.3, -0.25) is 0 Å². The zero-order valence-corrected chi connectivity index (χ0v) is 10.9. The molecule has 86 valence electrons. The maximum absolute atomic E-state index is 11.7. The minimum atomic E-state index is -0.277. The van der Waals surface area contributed by atoms with Gasteiger partial charge in [-0.05, 0) is 23.0 Å². The van der Waals surface area contributed by atoms with Crippen LogP contribution in [0.2, 0.25) is 0 Å². The minimum Gasteiger partial charge on any atom is -0.458 e.